The average Bonchev–Trinajstić information content (AvgIpc) is 2.39. The Morgan fingerprint density at radius 2 is 1.94 bits per heavy atom. The number of ether oxygens (including phenoxy) is 1. The molecule has 0 saturated carbocycles. The maximum atomic E-state index is 10.4. The molecule has 1 aliphatic rings. The highest BCUT2D eigenvalue weighted by molar-refractivity contribution is 5.75. The molecular weight excluding hydrogens is 214 g/mol. The average molecular weight is 232 g/mol. The molecule has 0 aliphatic carbocycles. The van der Waals surface area contributed by atoms with Gasteiger partial charge in [0.05, 0.1) is 6.61 Å². The van der Waals surface area contributed by atoms with E-state index in [4.69, 9.17) is 4.74 Å². The summed E-state index contributed by atoms with van der Waals surface area (Å²) >= 11 is 0. The van der Waals surface area contributed by atoms with E-state index in [0.29, 0.717) is 11.5 Å². The Kier molecular flexibility index (Phi) is 4.15. The van der Waals surface area contributed by atoms with Crippen molar-refractivity contribution in [3.05, 3.63) is 29.8 Å². The first-order chi connectivity index (χ1) is 8.28. The second-order valence-electron chi connectivity index (χ2n) is 4.68. The monoisotopic (exact) mass is 232 g/mol. The summed E-state index contributed by atoms with van der Waals surface area (Å²) in [4.78, 5) is 12.7. The summed E-state index contributed by atoms with van der Waals surface area (Å²) in [6.45, 7) is 3.10. The van der Waals surface area contributed by atoms with Crippen LogP contribution in [0.25, 0.3) is 0 Å². The van der Waals surface area contributed by atoms with Gasteiger partial charge in [0, 0.05) is 5.56 Å². The Hall–Kier alpha value is -1.35. The van der Waals surface area contributed by atoms with Crippen molar-refractivity contribution in [2.75, 3.05) is 26.7 Å². The van der Waals surface area contributed by atoms with Crippen LogP contribution in [0.2, 0.25) is 0 Å². The molecule has 0 aromatic heterocycles. The molecule has 1 heterocycles. The van der Waals surface area contributed by atoms with Crippen molar-refractivity contribution in [3.63, 3.8) is 0 Å². The lowest BCUT2D eigenvalue weighted by Crippen LogP contribution is -2.32. The summed E-state index contributed by atoms with van der Waals surface area (Å²) in [6.07, 6.45) is 4.26. The highest BCUT2D eigenvalue weighted by atomic mass is 16.5. The molecule has 0 atom stereocenters. The van der Waals surface area contributed by atoms with Crippen LogP contribution in [0.5, 0.6) is 5.75 Å². The highest BCUT2D eigenvalue weighted by Crippen LogP contribution is 2.18. The van der Waals surface area contributed by atoms with Crippen LogP contribution in [0.1, 0.15) is 18.4 Å². The molecule has 0 spiro atoms. The van der Waals surface area contributed by atoms with E-state index in [2.05, 4.69) is 11.9 Å². The third-order valence-corrected chi connectivity index (χ3v) is 3.30. The molecular formula is C14H18NO2. The van der Waals surface area contributed by atoms with Crippen molar-refractivity contribution in [2.24, 2.45) is 5.92 Å². The van der Waals surface area contributed by atoms with Gasteiger partial charge in [0.2, 0.25) is 6.29 Å². The van der Waals surface area contributed by atoms with Gasteiger partial charge in [-0.2, -0.15) is 0 Å². The standard InChI is InChI=1S/C14H18NO2/c1-15-8-6-13(7-9-15)11-17-14-4-2-12(10-16)3-5-14/h2-5,13H,6-9,11H2,1H3. The van der Waals surface area contributed by atoms with Gasteiger partial charge in [0.1, 0.15) is 5.75 Å². The number of hydrogen-bond acceptors (Lipinski definition) is 3. The van der Waals surface area contributed by atoms with E-state index in [0.717, 1.165) is 25.4 Å². The second-order valence-corrected chi connectivity index (χ2v) is 4.68. The molecule has 91 valence electrons. The lowest BCUT2D eigenvalue weighted by Gasteiger charge is -2.28. The summed E-state index contributed by atoms with van der Waals surface area (Å²) in [6, 6.07) is 7.12. The Morgan fingerprint density at radius 1 is 1.29 bits per heavy atom. The third kappa shape index (κ3) is 3.56. The lowest BCUT2D eigenvalue weighted by molar-refractivity contribution is 0.160. The number of benzene rings is 1. The summed E-state index contributed by atoms with van der Waals surface area (Å²) < 4.78 is 5.73. The molecule has 3 nitrogen and oxygen atoms in total. The number of nitrogens with zero attached hydrogens (tertiary/aromatic N) is 1. The highest BCUT2D eigenvalue weighted by Gasteiger charge is 2.16. The number of carbonyl (C=O) groups excluding carboxylic acids is 1. The largest absolute Gasteiger partial charge is 0.493 e. The fourth-order valence-electron chi connectivity index (χ4n) is 2.06. The fraction of sp³-hybridized carbons (Fsp3) is 0.500. The van der Waals surface area contributed by atoms with Crippen LogP contribution < -0.4 is 4.74 Å². The molecule has 3 heteroatoms. The van der Waals surface area contributed by atoms with Gasteiger partial charge in [-0.15, -0.1) is 0 Å². The zero-order chi connectivity index (χ0) is 12.1. The van der Waals surface area contributed by atoms with Gasteiger partial charge >= 0.3 is 0 Å². The lowest BCUT2D eigenvalue weighted by atomic mass is 9.98. The van der Waals surface area contributed by atoms with Gasteiger partial charge < -0.3 is 9.64 Å². The smallest absolute Gasteiger partial charge is 0.233 e. The van der Waals surface area contributed by atoms with Crippen LogP contribution in [0.3, 0.4) is 0 Å². The van der Waals surface area contributed by atoms with Crippen molar-refractivity contribution in [1.82, 2.24) is 4.90 Å². The molecule has 1 fully saturated rings. The number of piperidine rings is 1. The van der Waals surface area contributed by atoms with Crippen molar-refractivity contribution < 1.29 is 9.53 Å². The van der Waals surface area contributed by atoms with Crippen molar-refractivity contribution in [1.29, 1.82) is 0 Å². The van der Waals surface area contributed by atoms with E-state index in [1.807, 2.05) is 18.4 Å². The first-order valence-electron chi connectivity index (χ1n) is 6.07. The quantitative estimate of drug-likeness (QED) is 0.793. The Labute approximate surface area is 102 Å². The number of likely N-dealkylation sites (tertiary alicyclic amines) is 1. The minimum atomic E-state index is 0.566. The molecule has 1 aliphatic heterocycles. The van der Waals surface area contributed by atoms with Crippen LogP contribution in [-0.4, -0.2) is 37.9 Å². The molecule has 0 bridgehead atoms. The summed E-state index contributed by atoms with van der Waals surface area (Å²) in [7, 11) is 2.16. The van der Waals surface area contributed by atoms with Gasteiger partial charge in [0.25, 0.3) is 0 Å². The van der Waals surface area contributed by atoms with Gasteiger partial charge in [-0.25, -0.2) is 0 Å². The minimum Gasteiger partial charge on any atom is -0.493 e. The number of rotatable bonds is 4. The zero-order valence-corrected chi connectivity index (χ0v) is 10.2. The van der Waals surface area contributed by atoms with Crippen molar-refractivity contribution in [2.45, 2.75) is 12.8 Å². The zero-order valence-electron chi connectivity index (χ0n) is 10.2. The van der Waals surface area contributed by atoms with Gasteiger partial charge in [-0.1, -0.05) is 0 Å². The third-order valence-electron chi connectivity index (χ3n) is 3.30. The molecule has 1 aromatic rings. The molecule has 0 N–H and O–H groups in total. The van der Waals surface area contributed by atoms with E-state index in [1.165, 1.54) is 12.8 Å². The maximum absolute atomic E-state index is 10.4. The molecule has 0 unspecified atom stereocenters. The Balaban J connectivity index is 1.79. The molecule has 1 radical (unpaired) electrons. The van der Waals surface area contributed by atoms with Gasteiger partial charge in [-0.3, -0.25) is 4.79 Å². The maximum Gasteiger partial charge on any atom is 0.233 e. The van der Waals surface area contributed by atoms with Gasteiger partial charge in [-0.05, 0) is 63.2 Å². The fourth-order valence-corrected chi connectivity index (χ4v) is 2.06. The summed E-state index contributed by atoms with van der Waals surface area (Å²) in [5.74, 6) is 1.49. The topological polar surface area (TPSA) is 29.5 Å². The van der Waals surface area contributed by atoms with E-state index in [-0.39, 0.29) is 0 Å². The molecule has 1 aromatic carbocycles. The van der Waals surface area contributed by atoms with Crippen LogP contribution in [-0.2, 0) is 4.79 Å². The Bertz CT molecular complexity index is 353. The first-order valence-corrected chi connectivity index (χ1v) is 6.07. The van der Waals surface area contributed by atoms with E-state index in [1.54, 1.807) is 12.1 Å². The number of hydrogen-bond donors (Lipinski definition) is 0. The molecule has 17 heavy (non-hydrogen) atoms. The second kappa shape index (κ2) is 5.82. The van der Waals surface area contributed by atoms with Crippen LogP contribution >= 0.6 is 0 Å². The van der Waals surface area contributed by atoms with E-state index in [9.17, 15) is 4.79 Å². The summed E-state index contributed by atoms with van der Waals surface area (Å²) in [5.41, 5.74) is 0.566. The van der Waals surface area contributed by atoms with Crippen LogP contribution in [0.4, 0.5) is 0 Å². The van der Waals surface area contributed by atoms with Crippen LogP contribution in [0, 0.1) is 5.92 Å². The van der Waals surface area contributed by atoms with E-state index < -0.39 is 0 Å². The normalized spacial score (nSPS) is 17.9. The predicted octanol–water partition coefficient (Wildman–Crippen LogP) is 1.86. The van der Waals surface area contributed by atoms with E-state index >= 15 is 0 Å². The summed E-state index contributed by atoms with van der Waals surface area (Å²) in [5, 5.41) is 0. The van der Waals surface area contributed by atoms with Crippen molar-refractivity contribution >= 4 is 6.29 Å². The Morgan fingerprint density at radius 3 is 2.53 bits per heavy atom. The van der Waals surface area contributed by atoms with Gasteiger partial charge in [0.15, 0.2) is 0 Å². The first kappa shape index (κ1) is 12.1. The molecule has 1 saturated heterocycles. The van der Waals surface area contributed by atoms with Crippen molar-refractivity contribution in [3.8, 4) is 5.75 Å². The molecule has 2 rings (SSSR count). The predicted molar refractivity (Wildman–Crippen MR) is 67.0 cm³/mol. The molecule has 0 amide bonds. The van der Waals surface area contributed by atoms with Crippen LogP contribution in [0.15, 0.2) is 24.3 Å². The SMILES string of the molecule is CN1CCC(COc2ccc([C]=O)cc2)CC1. The minimum absolute atomic E-state index is 0.566.